The number of hydrogen-bond donors (Lipinski definition) is 1. The maximum absolute atomic E-state index is 12.4. The SMILES string of the molecule is CCOON1N=C(C(=O)O)/C(=C/c2ccc(/N=N/c3ccc(N(CC)CC)cc3)cc2)C1=O. The average Bonchev–Trinajstić information content (AvgIpc) is 3.14. The second-order valence-corrected chi connectivity index (χ2v) is 6.85. The number of nitrogens with zero attached hydrogens (tertiary/aromatic N) is 5. The Morgan fingerprint density at radius 1 is 1.03 bits per heavy atom. The van der Waals surface area contributed by atoms with Gasteiger partial charge in [0.05, 0.1) is 23.6 Å². The highest BCUT2D eigenvalue weighted by atomic mass is 17.3. The molecule has 2 aromatic rings. The number of hydrazone groups is 1. The molecule has 3 rings (SSSR count). The summed E-state index contributed by atoms with van der Waals surface area (Å²) in [7, 11) is 0. The molecular formula is C23H25N5O5. The molecule has 0 spiro atoms. The van der Waals surface area contributed by atoms with Gasteiger partial charge in [-0.3, -0.25) is 4.79 Å². The number of carbonyl (C=O) groups excluding carboxylic acids is 1. The molecule has 10 heteroatoms. The highest BCUT2D eigenvalue weighted by molar-refractivity contribution is 6.51. The molecular weight excluding hydrogens is 426 g/mol. The number of hydroxylamine groups is 1. The Labute approximate surface area is 191 Å². The van der Waals surface area contributed by atoms with E-state index in [2.05, 4.69) is 39.0 Å². The Morgan fingerprint density at radius 2 is 1.61 bits per heavy atom. The van der Waals surface area contributed by atoms with Gasteiger partial charge in [0.2, 0.25) is 0 Å². The van der Waals surface area contributed by atoms with E-state index in [0.29, 0.717) is 16.4 Å². The molecule has 1 heterocycles. The van der Waals surface area contributed by atoms with Crippen LogP contribution in [0.2, 0.25) is 0 Å². The molecule has 172 valence electrons. The van der Waals surface area contributed by atoms with E-state index in [4.69, 9.17) is 4.99 Å². The Kier molecular flexibility index (Phi) is 8.01. The van der Waals surface area contributed by atoms with E-state index in [-0.39, 0.29) is 12.2 Å². The van der Waals surface area contributed by atoms with E-state index in [1.165, 1.54) is 6.08 Å². The zero-order chi connectivity index (χ0) is 23.8. The number of amides is 1. The highest BCUT2D eigenvalue weighted by Crippen LogP contribution is 2.24. The van der Waals surface area contributed by atoms with E-state index < -0.39 is 17.6 Å². The van der Waals surface area contributed by atoms with Gasteiger partial charge in [0.15, 0.2) is 5.71 Å². The first-order valence-electron chi connectivity index (χ1n) is 10.5. The summed E-state index contributed by atoms with van der Waals surface area (Å²) in [4.78, 5) is 35.5. The van der Waals surface area contributed by atoms with Gasteiger partial charge < -0.3 is 10.0 Å². The molecule has 33 heavy (non-hydrogen) atoms. The molecule has 1 aliphatic rings. The fraction of sp³-hybridized carbons (Fsp3) is 0.261. The zero-order valence-electron chi connectivity index (χ0n) is 18.6. The van der Waals surface area contributed by atoms with Crippen molar-refractivity contribution in [3.63, 3.8) is 0 Å². The van der Waals surface area contributed by atoms with Gasteiger partial charge in [0.25, 0.3) is 0 Å². The lowest BCUT2D eigenvalue weighted by Crippen LogP contribution is -2.23. The zero-order valence-corrected chi connectivity index (χ0v) is 18.6. The van der Waals surface area contributed by atoms with Crippen LogP contribution < -0.4 is 4.90 Å². The van der Waals surface area contributed by atoms with Crippen LogP contribution in [0.5, 0.6) is 0 Å². The van der Waals surface area contributed by atoms with Crippen LogP contribution in [-0.4, -0.2) is 47.6 Å². The molecule has 0 saturated carbocycles. The lowest BCUT2D eigenvalue weighted by molar-refractivity contribution is -0.406. The van der Waals surface area contributed by atoms with Crippen molar-refractivity contribution in [2.24, 2.45) is 15.3 Å². The molecule has 10 nitrogen and oxygen atoms in total. The number of carboxylic acids is 1. The third kappa shape index (κ3) is 5.88. The number of hydrogen-bond acceptors (Lipinski definition) is 8. The Bertz CT molecular complexity index is 1070. The van der Waals surface area contributed by atoms with Crippen molar-refractivity contribution in [2.45, 2.75) is 20.8 Å². The number of benzene rings is 2. The lowest BCUT2D eigenvalue weighted by atomic mass is 10.1. The molecule has 2 aromatic carbocycles. The molecule has 1 aliphatic heterocycles. The number of anilines is 1. The van der Waals surface area contributed by atoms with Crippen molar-refractivity contribution in [1.82, 2.24) is 5.17 Å². The highest BCUT2D eigenvalue weighted by Gasteiger charge is 2.36. The fourth-order valence-electron chi connectivity index (χ4n) is 3.07. The predicted molar refractivity (Wildman–Crippen MR) is 123 cm³/mol. The van der Waals surface area contributed by atoms with Gasteiger partial charge in [-0.1, -0.05) is 22.3 Å². The van der Waals surface area contributed by atoms with Gasteiger partial charge in [-0.15, -0.1) is 5.10 Å². The quantitative estimate of drug-likeness (QED) is 0.246. The largest absolute Gasteiger partial charge is 0.476 e. The number of rotatable bonds is 10. The number of carbonyl (C=O) groups is 2. The van der Waals surface area contributed by atoms with Crippen LogP contribution in [0.25, 0.3) is 6.08 Å². The summed E-state index contributed by atoms with van der Waals surface area (Å²) < 4.78 is 0. The molecule has 0 saturated heterocycles. The monoisotopic (exact) mass is 451 g/mol. The number of carboxylic acid groups (broad SMARTS) is 1. The summed E-state index contributed by atoms with van der Waals surface area (Å²) in [5.74, 6) is -2.09. The Hall–Kier alpha value is -3.89. The van der Waals surface area contributed by atoms with E-state index in [9.17, 15) is 14.7 Å². The summed E-state index contributed by atoms with van der Waals surface area (Å²) in [5, 5.41) is 22.0. The molecule has 0 aromatic heterocycles. The Morgan fingerprint density at radius 3 is 2.12 bits per heavy atom. The molecule has 1 N–H and O–H groups in total. The standard InChI is InChI=1S/C23H25N5O5/c1-4-27(5-2)19-13-11-18(12-14-19)25-24-17-9-7-16(8-10-17)15-20-21(23(30)31)26-28(22(20)29)33-32-6-3/h7-15H,4-6H2,1-3H3,(H,30,31)/b20-15-,25-24+. The minimum atomic E-state index is -1.35. The van der Waals surface area contributed by atoms with Gasteiger partial charge in [-0.2, -0.15) is 10.2 Å². The topological polar surface area (TPSA) is 116 Å². The van der Waals surface area contributed by atoms with Crippen LogP contribution in [0, 0.1) is 0 Å². The van der Waals surface area contributed by atoms with Crippen molar-refractivity contribution in [3.8, 4) is 0 Å². The first kappa shape index (κ1) is 23.8. The second kappa shape index (κ2) is 11.1. The van der Waals surface area contributed by atoms with Crippen LogP contribution in [0.15, 0.2) is 69.4 Å². The number of aliphatic carboxylic acids is 1. The third-order valence-electron chi connectivity index (χ3n) is 4.76. The number of azo groups is 1. The summed E-state index contributed by atoms with van der Waals surface area (Å²) in [6.07, 6.45) is 1.41. The molecule has 1 amide bonds. The maximum atomic E-state index is 12.4. The molecule has 0 bridgehead atoms. The maximum Gasteiger partial charge on any atom is 0.357 e. The van der Waals surface area contributed by atoms with E-state index >= 15 is 0 Å². The van der Waals surface area contributed by atoms with Crippen LogP contribution >= 0.6 is 0 Å². The van der Waals surface area contributed by atoms with Crippen molar-refractivity contribution < 1.29 is 24.6 Å². The van der Waals surface area contributed by atoms with Crippen LogP contribution in [0.3, 0.4) is 0 Å². The summed E-state index contributed by atoms with van der Waals surface area (Å²) in [6.45, 7) is 7.90. The van der Waals surface area contributed by atoms with Crippen LogP contribution in [0.1, 0.15) is 26.3 Å². The lowest BCUT2D eigenvalue weighted by Gasteiger charge is -2.20. The normalized spacial score (nSPS) is 14.9. The minimum absolute atomic E-state index is 0.120. The first-order chi connectivity index (χ1) is 16.0. The molecule has 0 radical (unpaired) electrons. The molecule has 0 fully saturated rings. The van der Waals surface area contributed by atoms with E-state index in [1.807, 2.05) is 24.3 Å². The Balaban J connectivity index is 1.72. The smallest absolute Gasteiger partial charge is 0.357 e. The first-order valence-corrected chi connectivity index (χ1v) is 10.5. The van der Waals surface area contributed by atoms with Crippen LogP contribution in [0.4, 0.5) is 17.1 Å². The van der Waals surface area contributed by atoms with Crippen molar-refractivity contribution in [3.05, 3.63) is 59.7 Å². The van der Waals surface area contributed by atoms with Gasteiger partial charge in [0.1, 0.15) is 0 Å². The van der Waals surface area contributed by atoms with Crippen molar-refractivity contribution in [2.75, 3.05) is 24.6 Å². The van der Waals surface area contributed by atoms with E-state index in [1.54, 1.807) is 31.2 Å². The summed E-state index contributed by atoms with van der Waals surface area (Å²) >= 11 is 0. The summed E-state index contributed by atoms with van der Waals surface area (Å²) in [6, 6.07) is 14.7. The van der Waals surface area contributed by atoms with Gasteiger partial charge in [0, 0.05) is 18.8 Å². The van der Waals surface area contributed by atoms with Gasteiger partial charge >= 0.3 is 11.9 Å². The van der Waals surface area contributed by atoms with Crippen molar-refractivity contribution >= 4 is 40.7 Å². The van der Waals surface area contributed by atoms with Gasteiger partial charge in [-0.05, 0) is 68.8 Å². The third-order valence-corrected chi connectivity index (χ3v) is 4.76. The van der Waals surface area contributed by atoms with Gasteiger partial charge in [-0.25, -0.2) is 9.68 Å². The molecule has 0 aliphatic carbocycles. The average molecular weight is 451 g/mol. The molecule has 0 unspecified atom stereocenters. The molecule has 0 atom stereocenters. The van der Waals surface area contributed by atoms with E-state index in [0.717, 1.165) is 24.5 Å². The second-order valence-electron chi connectivity index (χ2n) is 6.85. The predicted octanol–water partition coefficient (Wildman–Crippen LogP) is 4.50. The summed E-state index contributed by atoms with van der Waals surface area (Å²) in [5.41, 5.74) is 2.50. The minimum Gasteiger partial charge on any atom is -0.476 e. The fourth-order valence-corrected chi connectivity index (χ4v) is 3.07. The van der Waals surface area contributed by atoms with Crippen molar-refractivity contribution in [1.29, 1.82) is 0 Å². The van der Waals surface area contributed by atoms with Crippen LogP contribution in [-0.2, 0) is 19.5 Å².